The summed E-state index contributed by atoms with van der Waals surface area (Å²) in [7, 11) is 0. The summed E-state index contributed by atoms with van der Waals surface area (Å²) in [6, 6.07) is 19.3. The Kier molecular flexibility index (Phi) is 7.02. The highest BCUT2D eigenvalue weighted by Crippen LogP contribution is 1.98. The lowest BCUT2D eigenvalue weighted by Crippen LogP contribution is -2.20. The summed E-state index contributed by atoms with van der Waals surface area (Å²) >= 11 is 0. The fraction of sp³-hybridized carbons (Fsp3) is 0.100. The Hall–Kier alpha value is -3.14. The lowest BCUT2D eigenvalue weighted by atomic mass is 10.2. The molecule has 0 aliphatic heterocycles. The maximum Gasteiger partial charge on any atom is 0.244 e. The minimum atomic E-state index is -0.201. The lowest BCUT2D eigenvalue weighted by Gasteiger charge is -2.01. The summed E-state index contributed by atoms with van der Waals surface area (Å²) in [6.45, 7) is 0.955. The van der Waals surface area contributed by atoms with E-state index in [1.807, 2.05) is 60.7 Å². The zero-order chi connectivity index (χ0) is 17.0. The first kappa shape index (κ1) is 17.2. The predicted octanol–water partition coefficient (Wildman–Crippen LogP) is 2.73. The molecule has 0 spiro atoms. The van der Waals surface area contributed by atoms with Crippen LogP contribution in [0, 0.1) is 0 Å². The van der Waals surface area contributed by atoms with Crippen molar-refractivity contribution in [1.82, 2.24) is 10.6 Å². The molecular formula is C20H20N2O2. The van der Waals surface area contributed by atoms with E-state index in [2.05, 4.69) is 10.6 Å². The number of hydrogen-bond donors (Lipinski definition) is 2. The van der Waals surface area contributed by atoms with Crippen LogP contribution >= 0.6 is 0 Å². The van der Waals surface area contributed by atoms with Crippen LogP contribution in [-0.2, 0) is 22.7 Å². The molecule has 0 atom stereocenters. The van der Waals surface area contributed by atoms with E-state index in [1.54, 1.807) is 12.2 Å². The first-order valence-corrected chi connectivity index (χ1v) is 7.72. The Balaban J connectivity index is 1.67. The Labute approximate surface area is 141 Å². The summed E-state index contributed by atoms with van der Waals surface area (Å²) in [6.07, 6.45) is 5.87. The third-order valence-electron chi connectivity index (χ3n) is 3.23. The van der Waals surface area contributed by atoms with Crippen LogP contribution in [0.4, 0.5) is 0 Å². The van der Waals surface area contributed by atoms with Crippen LogP contribution in [0.3, 0.4) is 0 Å². The third-order valence-corrected chi connectivity index (χ3v) is 3.23. The quantitative estimate of drug-likeness (QED) is 0.609. The van der Waals surface area contributed by atoms with Gasteiger partial charge in [0.25, 0.3) is 0 Å². The van der Waals surface area contributed by atoms with Crippen molar-refractivity contribution in [3.05, 3.63) is 96.1 Å². The predicted molar refractivity (Wildman–Crippen MR) is 94.9 cm³/mol. The topological polar surface area (TPSA) is 58.2 Å². The van der Waals surface area contributed by atoms with E-state index in [-0.39, 0.29) is 11.8 Å². The van der Waals surface area contributed by atoms with Gasteiger partial charge >= 0.3 is 0 Å². The van der Waals surface area contributed by atoms with Gasteiger partial charge in [0.1, 0.15) is 0 Å². The highest BCUT2D eigenvalue weighted by molar-refractivity contribution is 5.89. The van der Waals surface area contributed by atoms with Crippen LogP contribution in [0.15, 0.2) is 85.0 Å². The maximum absolute atomic E-state index is 11.6. The molecule has 0 heterocycles. The molecule has 122 valence electrons. The second-order valence-electron chi connectivity index (χ2n) is 5.13. The van der Waals surface area contributed by atoms with Crippen molar-refractivity contribution in [3.63, 3.8) is 0 Å². The van der Waals surface area contributed by atoms with E-state index in [0.29, 0.717) is 13.1 Å². The molecular weight excluding hydrogens is 300 g/mol. The number of hydrogen-bond acceptors (Lipinski definition) is 2. The van der Waals surface area contributed by atoms with E-state index in [4.69, 9.17) is 0 Å². The minimum absolute atomic E-state index is 0.201. The first-order valence-electron chi connectivity index (χ1n) is 7.72. The Morgan fingerprint density at radius 2 is 1.04 bits per heavy atom. The zero-order valence-electron chi connectivity index (χ0n) is 13.3. The van der Waals surface area contributed by atoms with Gasteiger partial charge in [-0.2, -0.15) is 0 Å². The van der Waals surface area contributed by atoms with Crippen molar-refractivity contribution in [2.75, 3.05) is 0 Å². The molecule has 2 amide bonds. The molecule has 24 heavy (non-hydrogen) atoms. The monoisotopic (exact) mass is 320 g/mol. The van der Waals surface area contributed by atoms with Gasteiger partial charge < -0.3 is 10.6 Å². The average molecular weight is 320 g/mol. The fourth-order valence-electron chi connectivity index (χ4n) is 1.97. The highest BCUT2D eigenvalue weighted by Gasteiger charge is 1.96. The molecule has 4 nitrogen and oxygen atoms in total. The number of benzene rings is 2. The smallest absolute Gasteiger partial charge is 0.244 e. The van der Waals surface area contributed by atoms with Gasteiger partial charge in [0, 0.05) is 25.2 Å². The molecule has 0 saturated carbocycles. The number of carbonyl (C=O) groups is 2. The van der Waals surface area contributed by atoms with E-state index >= 15 is 0 Å². The van der Waals surface area contributed by atoms with Gasteiger partial charge in [0.2, 0.25) is 11.8 Å². The molecule has 0 unspecified atom stereocenters. The lowest BCUT2D eigenvalue weighted by molar-refractivity contribution is -0.117. The van der Waals surface area contributed by atoms with Crippen molar-refractivity contribution in [2.24, 2.45) is 0 Å². The molecule has 0 aliphatic rings. The largest absolute Gasteiger partial charge is 0.348 e. The van der Waals surface area contributed by atoms with Crippen molar-refractivity contribution in [1.29, 1.82) is 0 Å². The van der Waals surface area contributed by atoms with Crippen LogP contribution in [0.2, 0.25) is 0 Å². The van der Waals surface area contributed by atoms with Crippen LogP contribution in [-0.4, -0.2) is 11.8 Å². The first-order chi connectivity index (χ1) is 11.7. The molecule has 2 aromatic rings. The Bertz CT molecular complexity index is 643. The summed E-state index contributed by atoms with van der Waals surface area (Å²) in [5.74, 6) is -0.401. The Morgan fingerprint density at radius 3 is 1.42 bits per heavy atom. The molecule has 4 heteroatoms. The second kappa shape index (κ2) is 9.79. The van der Waals surface area contributed by atoms with Gasteiger partial charge in [-0.15, -0.1) is 0 Å². The number of carbonyl (C=O) groups excluding carboxylic acids is 2. The maximum atomic E-state index is 11.6. The molecule has 2 aromatic carbocycles. The van der Waals surface area contributed by atoms with E-state index in [0.717, 1.165) is 11.1 Å². The number of amides is 2. The van der Waals surface area contributed by atoms with E-state index in [1.165, 1.54) is 12.2 Å². The van der Waals surface area contributed by atoms with Gasteiger partial charge in [-0.1, -0.05) is 72.8 Å². The molecule has 2 N–H and O–H groups in total. The Morgan fingerprint density at radius 1 is 0.667 bits per heavy atom. The van der Waals surface area contributed by atoms with Crippen LogP contribution in [0.5, 0.6) is 0 Å². The summed E-state index contributed by atoms with van der Waals surface area (Å²) in [4.78, 5) is 23.3. The van der Waals surface area contributed by atoms with Gasteiger partial charge in [-0.3, -0.25) is 9.59 Å². The zero-order valence-corrected chi connectivity index (χ0v) is 13.3. The molecule has 0 saturated heterocycles. The molecule has 0 radical (unpaired) electrons. The number of allylic oxidation sites excluding steroid dienone is 2. The van der Waals surface area contributed by atoms with E-state index < -0.39 is 0 Å². The number of rotatable bonds is 7. The van der Waals surface area contributed by atoms with Gasteiger partial charge in [0.05, 0.1) is 0 Å². The number of nitrogens with one attached hydrogen (secondary N) is 2. The van der Waals surface area contributed by atoms with Crippen molar-refractivity contribution < 1.29 is 9.59 Å². The normalized spacial score (nSPS) is 10.8. The van der Waals surface area contributed by atoms with Crippen LogP contribution < -0.4 is 10.6 Å². The molecule has 0 aromatic heterocycles. The fourth-order valence-corrected chi connectivity index (χ4v) is 1.97. The van der Waals surface area contributed by atoms with E-state index in [9.17, 15) is 9.59 Å². The summed E-state index contributed by atoms with van der Waals surface area (Å²) in [5, 5.41) is 5.55. The van der Waals surface area contributed by atoms with Crippen LogP contribution in [0.1, 0.15) is 11.1 Å². The van der Waals surface area contributed by atoms with Crippen LogP contribution in [0.25, 0.3) is 0 Å². The SMILES string of the molecule is O=C(/C=C\C=C/C(=O)NCc1ccccc1)NCc1ccccc1. The van der Waals surface area contributed by atoms with Crippen molar-refractivity contribution in [2.45, 2.75) is 13.1 Å². The van der Waals surface area contributed by atoms with Gasteiger partial charge in [0.15, 0.2) is 0 Å². The molecule has 0 aliphatic carbocycles. The van der Waals surface area contributed by atoms with Crippen molar-refractivity contribution in [3.8, 4) is 0 Å². The summed E-state index contributed by atoms with van der Waals surface area (Å²) < 4.78 is 0. The third kappa shape index (κ3) is 6.75. The molecule has 0 bridgehead atoms. The van der Waals surface area contributed by atoms with Crippen molar-refractivity contribution >= 4 is 11.8 Å². The summed E-state index contributed by atoms with van der Waals surface area (Å²) in [5.41, 5.74) is 2.07. The van der Waals surface area contributed by atoms with Gasteiger partial charge in [-0.05, 0) is 11.1 Å². The van der Waals surface area contributed by atoms with Gasteiger partial charge in [-0.25, -0.2) is 0 Å². The second-order valence-corrected chi connectivity index (χ2v) is 5.13. The standard InChI is InChI=1S/C20H20N2O2/c23-19(21-15-17-9-3-1-4-10-17)13-7-8-14-20(24)22-16-18-11-5-2-6-12-18/h1-14H,15-16H2,(H,21,23)(H,22,24)/b13-7-,14-8-. The molecule has 0 fully saturated rings. The molecule has 2 rings (SSSR count). The minimum Gasteiger partial charge on any atom is -0.348 e. The highest BCUT2D eigenvalue weighted by atomic mass is 16.2. The average Bonchev–Trinajstić information content (AvgIpc) is 2.63.